The van der Waals surface area contributed by atoms with Gasteiger partial charge >= 0.3 is 11.9 Å². The highest BCUT2D eigenvalue weighted by atomic mass is 35.5. The van der Waals surface area contributed by atoms with E-state index in [0.717, 1.165) is 0 Å². The number of halogens is 3. The molecular formula is C24H29Cl2FO6. The van der Waals surface area contributed by atoms with Crippen molar-refractivity contribution < 1.29 is 33.7 Å². The smallest absolute Gasteiger partial charge is 0.349 e. The van der Waals surface area contributed by atoms with Gasteiger partial charge in [-0.3, -0.25) is 9.59 Å². The maximum atomic E-state index is 15.6. The Labute approximate surface area is 202 Å². The second-order valence-corrected chi connectivity index (χ2v) is 11.5. The van der Waals surface area contributed by atoms with Crippen molar-refractivity contribution in [1.82, 2.24) is 0 Å². The van der Waals surface area contributed by atoms with Crippen molar-refractivity contribution in [3.05, 3.63) is 22.8 Å². The Kier molecular flexibility index (Phi) is 5.63. The number of aliphatic hydroxyl groups is 1. The van der Waals surface area contributed by atoms with Crippen LogP contribution in [0, 0.1) is 28.6 Å². The minimum Gasteiger partial charge on any atom is -0.478 e. The minimum atomic E-state index is -1.87. The molecule has 9 atom stereocenters. The summed E-state index contributed by atoms with van der Waals surface area (Å²) in [6, 6.07) is 0. The number of hydrogen-bond acceptors (Lipinski definition) is 5. The van der Waals surface area contributed by atoms with E-state index in [0.29, 0.717) is 6.42 Å². The number of carbonyl (C=O) groups excluding carboxylic acids is 2. The summed E-state index contributed by atoms with van der Waals surface area (Å²) in [5.74, 6) is -4.11. The summed E-state index contributed by atoms with van der Waals surface area (Å²) >= 11 is 13.4. The molecule has 4 aliphatic carbocycles. The van der Waals surface area contributed by atoms with Gasteiger partial charge in [0, 0.05) is 23.2 Å². The van der Waals surface area contributed by atoms with Crippen LogP contribution in [0.25, 0.3) is 0 Å². The molecule has 0 aromatic carbocycles. The van der Waals surface area contributed by atoms with E-state index in [1.165, 1.54) is 12.2 Å². The van der Waals surface area contributed by atoms with Crippen LogP contribution in [0.2, 0.25) is 0 Å². The van der Waals surface area contributed by atoms with Crippen LogP contribution in [0.4, 0.5) is 4.39 Å². The second kappa shape index (κ2) is 7.53. The number of fused-ring (bicyclic) bond motifs is 5. The molecule has 33 heavy (non-hydrogen) atoms. The summed E-state index contributed by atoms with van der Waals surface area (Å²) in [6.07, 6.45) is 0.0209. The van der Waals surface area contributed by atoms with Crippen LogP contribution in [-0.2, 0) is 19.1 Å². The normalized spacial score (nSPS) is 48.7. The first-order valence-electron chi connectivity index (χ1n) is 11.3. The lowest BCUT2D eigenvalue weighted by atomic mass is 9.45. The summed E-state index contributed by atoms with van der Waals surface area (Å²) in [5, 5.41) is 21.8. The largest absolute Gasteiger partial charge is 0.478 e. The fourth-order valence-electron chi connectivity index (χ4n) is 7.55. The first-order chi connectivity index (χ1) is 15.2. The molecule has 2 N–H and O–H groups in total. The van der Waals surface area contributed by atoms with E-state index in [-0.39, 0.29) is 29.9 Å². The molecule has 0 aromatic rings. The quantitative estimate of drug-likeness (QED) is 0.443. The lowest BCUT2D eigenvalue weighted by molar-refractivity contribution is -0.213. The molecule has 0 aliphatic heterocycles. The maximum absolute atomic E-state index is 15.6. The average molecular weight is 503 g/mol. The maximum Gasteiger partial charge on any atom is 0.349 e. The van der Waals surface area contributed by atoms with Gasteiger partial charge in [-0.2, -0.15) is 0 Å². The van der Waals surface area contributed by atoms with Gasteiger partial charge in [0.05, 0.1) is 16.0 Å². The fourth-order valence-corrected chi connectivity index (χ4v) is 8.30. The average Bonchev–Trinajstić information content (AvgIpc) is 2.94. The van der Waals surface area contributed by atoms with Gasteiger partial charge in [0.2, 0.25) is 5.60 Å². The Balaban J connectivity index is 1.89. The number of allylic oxidation sites excluding steroid dienone is 4. The zero-order valence-corrected chi connectivity index (χ0v) is 20.5. The Morgan fingerprint density at radius 2 is 1.91 bits per heavy atom. The van der Waals surface area contributed by atoms with Crippen LogP contribution in [0.15, 0.2) is 22.8 Å². The van der Waals surface area contributed by atoms with Crippen LogP contribution >= 0.6 is 23.2 Å². The van der Waals surface area contributed by atoms with E-state index in [9.17, 15) is 24.6 Å². The topological polar surface area (TPSA) is 101 Å². The first-order valence-corrected chi connectivity index (χ1v) is 12.1. The molecule has 0 spiro atoms. The molecule has 9 heteroatoms. The Hall–Kier alpha value is -1.44. The molecule has 0 heterocycles. The van der Waals surface area contributed by atoms with E-state index >= 15 is 4.39 Å². The van der Waals surface area contributed by atoms with E-state index in [1.807, 2.05) is 0 Å². The summed E-state index contributed by atoms with van der Waals surface area (Å²) in [4.78, 5) is 35.8. The highest BCUT2D eigenvalue weighted by Crippen LogP contribution is 2.72. The van der Waals surface area contributed by atoms with Gasteiger partial charge in [0.1, 0.15) is 6.17 Å². The minimum absolute atomic E-state index is 0.00399. The first kappa shape index (κ1) is 24.7. The molecule has 3 fully saturated rings. The Morgan fingerprint density at radius 3 is 2.48 bits per heavy atom. The highest BCUT2D eigenvalue weighted by molar-refractivity contribution is 6.45. The van der Waals surface area contributed by atoms with Crippen molar-refractivity contribution in [2.75, 3.05) is 0 Å². The Morgan fingerprint density at radius 1 is 1.27 bits per heavy atom. The lowest BCUT2D eigenvalue weighted by Gasteiger charge is -2.64. The van der Waals surface area contributed by atoms with Crippen LogP contribution in [-0.4, -0.2) is 50.7 Å². The number of hydrogen-bond donors (Lipinski definition) is 2. The van der Waals surface area contributed by atoms with E-state index in [4.69, 9.17) is 27.9 Å². The number of aliphatic hydroxyl groups excluding tert-OH is 1. The van der Waals surface area contributed by atoms with E-state index in [1.54, 1.807) is 27.7 Å². The molecule has 4 aliphatic rings. The molecule has 6 nitrogen and oxygen atoms in total. The predicted molar refractivity (Wildman–Crippen MR) is 119 cm³/mol. The highest BCUT2D eigenvalue weighted by Gasteiger charge is 2.77. The number of carboxylic acid groups (broad SMARTS) is 1. The third-order valence-corrected chi connectivity index (χ3v) is 10.3. The van der Waals surface area contributed by atoms with Crippen molar-refractivity contribution in [2.45, 2.75) is 76.1 Å². The van der Waals surface area contributed by atoms with Gasteiger partial charge in [-0.05, 0) is 48.8 Å². The van der Waals surface area contributed by atoms with Gasteiger partial charge in [-0.1, -0.05) is 39.3 Å². The molecule has 4 rings (SSSR count). The molecular weight excluding hydrogens is 474 g/mol. The fraction of sp³-hybridized carbons (Fsp3) is 0.708. The summed E-state index contributed by atoms with van der Waals surface area (Å²) in [6.45, 7) is 6.67. The zero-order chi connectivity index (χ0) is 24.7. The number of ether oxygens (including phenoxy) is 1. The van der Waals surface area contributed by atoms with Gasteiger partial charge in [0.15, 0.2) is 5.78 Å². The number of carbonyl (C=O) groups is 3. The van der Waals surface area contributed by atoms with Crippen LogP contribution in [0.3, 0.4) is 0 Å². The van der Waals surface area contributed by atoms with Gasteiger partial charge < -0.3 is 14.9 Å². The molecule has 0 radical (unpaired) electrons. The number of ketones is 1. The molecule has 0 amide bonds. The Bertz CT molecular complexity index is 995. The zero-order valence-electron chi connectivity index (χ0n) is 19.0. The molecule has 0 bridgehead atoms. The molecule has 0 saturated heterocycles. The van der Waals surface area contributed by atoms with Crippen molar-refractivity contribution in [3.63, 3.8) is 0 Å². The molecule has 0 aromatic heterocycles. The molecule has 3 saturated carbocycles. The number of esters is 1. The number of alkyl halides is 2. The van der Waals surface area contributed by atoms with E-state index < -0.39 is 69.1 Å². The van der Waals surface area contributed by atoms with Crippen molar-refractivity contribution in [3.8, 4) is 0 Å². The van der Waals surface area contributed by atoms with Crippen LogP contribution in [0.5, 0.6) is 0 Å². The van der Waals surface area contributed by atoms with E-state index in [2.05, 4.69) is 0 Å². The SMILES string of the molecule is CCC(=O)O[C@]1(C(=O)O)[C@H](C)C[C@H]2[C@@H]3C[C@H](F)C4=CC(=O)C(Cl)=C[C@]4(C)[C@@]3(Cl)[C@@H](O)C[C@@]21C. The lowest BCUT2D eigenvalue weighted by Crippen LogP contribution is -2.70. The second-order valence-electron chi connectivity index (χ2n) is 10.5. The number of aliphatic carboxylic acids is 1. The van der Waals surface area contributed by atoms with Crippen molar-refractivity contribution >= 4 is 40.9 Å². The van der Waals surface area contributed by atoms with Gasteiger partial charge in [0.25, 0.3) is 0 Å². The summed E-state index contributed by atoms with van der Waals surface area (Å²) in [7, 11) is 0. The third-order valence-electron chi connectivity index (χ3n) is 9.11. The number of rotatable bonds is 3. The third kappa shape index (κ3) is 2.85. The van der Waals surface area contributed by atoms with Crippen LogP contribution < -0.4 is 0 Å². The van der Waals surface area contributed by atoms with Crippen molar-refractivity contribution in [2.24, 2.45) is 28.6 Å². The molecule has 182 valence electrons. The van der Waals surface area contributed by atoms with Gasteiger partial charge in [-0.15, -0.1) is 11.6 Å². The number of carboxylic acids is 1. The summed E-state index contributed by atoms with van der Waals surface area (Å²) in [5.41, 5.74) is -4.12. The van der Waals surface area contributed by atoms with Gasteiger partial charge in [-0.25, -0.2) is 9.18 Å². The molecule has 0 unspecified atom stereocenters. The van der Waals surface area contributed by atoms with Crippen molar-refractivity contribution in [1.29, 1.82) is 0 Å². The standard InChI is InChI=1S/C24H29Cl2FO6/c1-5-19(30)33-24(20(31)32)11(2)6-12-13-7-16(27)14-8-17(28)15(25)9-21(14,3)23(13,26)18(29)10-22(12,24)4/h8-9,11-13,16,18,29H,5-7,10H2,1-4H3,(H,31,32)/t11-,12+,13+,16+,18+,21+,22+,23+,24+/m1/s1. The predicted octanol–water partition coefficient (Wildman–Crippen LogP) is 4.16. The summed E-state index contributed by atoms with van der Waals surface area (Å²) < 4.78 is 21.3. The monoisotopic (exact) mass is 502 g/mol. The van der Waals surface area contributed by atoms with Crippen LogP contribution in [0.1, 0.15) is 53.4 Å².